The van der Waals surface area contributed by atoms with Crippen LogP contribution in [0.5, 0.6) is 0 Å². The van der Waals surface area contributed by atoms with Crippen LogP contribution >= 0.6 is 0 Å². The Bertz CT molecular complexity index is 1720. The Balaban J connectivity index is 1.11. The number of allylic oxidation sites excluding steroid dienone is 2. The summed E-state index contributed by atoms with van der Waals surface area (Å²) in [5.74, 6) is 0. The third-order valence-electron chi connectivity index (χ3n) is 8.56. The van der Waals surface area contributed by atoms with Crippen LogP contribution in [0.2, 0.25) is 0 Å². The number of nitrogens with two attached hydrogens (primary N) is 3. The molecule has 4 aromatic rings. The van der Waals surface area contributed by atoms with E-state index in [1.807, 2.05) is 22.9 Å². The summed E-state index contributed by atoms with van der Waals surface area (Å²) in [7, 11) is 0. The number of benzene rings is 3. The highest BCUT2D eigenvalue weighted by Gasteiger charge is 2.38. The molecule has 2 atom stereocenters. The van der Waals surface area contributed by atoms with Gasteiger partial charge in [-0.2, -0.15) is 5.10 Å². The quantitative estimate of drug-likeness (QED) is 0.231. The average Bonchev–Trinajstić information content (AvgIpc) is 3.69. The molecular formula is C34H37N8O+. The van der Waals surface area contributed by atoms with Crippen molar-refractivity contribution in [3.8, 4) is 5.69 Å². The summed E-state index contributed by atoms with van der Waals surface area (Å²) in [5.41, 5.74) is 20.1. The number of quaternary nitrogens is 1. The molecule has 2 saturated heterocycles. The van der Waals surface area contributed by atoms with E-state index >= 15 is 0 Å². The molecule has 3 aliphatic heterocycles. The van der Waals surface area contributed by atoms with Gasteiger partial charge in [0.05, 0.1) is 35.9 Å². The van der Waals surface area contributed by atoms with Crippen LogP contribution < -0.4 is 16.8 Å². The number of rotatable bonds is 7. The van der Waals surface area contributed by atoms with Crippen molar-refractivity contribution >= 4 is 22.8 Å². The predicted octanol–water partition coefficient (Wildman–Crippen LogP) is 2.57. The second-order valence-electron chi connectivity index (χ2n) is 11.4. The fourth-order valence-corrected chi connectivity index (χ4v) is 6.32. The van der Waals surface area contributed by atoms with Crippen LogP contribution in [0.15, 0.2) is 119 Å². The molecule has 9 nitrogen and oxygen atoms in total. The number of aliphatic imine (C=N–C) groups is 1. The number of morpholine rings is 1. The van der Waals surface area contributed by atoms with Gasteiger partial charge in [0.1, 0.15) is 17.5 Å². The first-order valence-electron chi connectivity index (χ1n) is 14.8. The van der Waals surface area contributed by atoms with E-state index in [1.54, 1.807) is 6.20 Å². The molecule has 6 N–H and O–H groups in total. The van der Waals surface area contributed by atoms with E-state index in [1.165, 1.54) is 11.9 Å². The molecule has 3 aromatic carbocycles. The molecule has 4 heterocycles. The van der Waals surface area contributed by atoms with Gasteiger partial charge >= 0.3 is 0 Å². The zero-order valence-corrected chi connectivity index (χ0v) is 24.1. The normalized spacial score (nSPS) is 22.0. The maximum atomic E-state index is 6.55. The highest BCUT2D eigenvalue weighted by atomic mass is 16.5. The molecule has 2 unspecified atom stereocenters. The minimum Gasteiger partial charge on any atom is -0.393 e. The summed E-state index contributed by atoms with van der Waals surface area (Å²) in [6.07, 6.45) is 7.10. The van der Waals surface area contributed by atoms with Crippen molar-refractivity contribution in [2.24, 2.45) is 16.5 Å². The van der Waals surface area contributed by atoms with Gasteiger partial charge in [-0.15, -0.1) is 0 Å². The maximum Gasteiger partial charge on any atom is 0.167 e. The van der Waals surface area contributed by atoms with Gasteiger partial charge in [0.15, 0.2) is 5.70 Å². The van der Waals surface area contributed by atoms with E-state index in [-0.39, 0.29) is 6.10 Å². The molecule has 2 fully saturated rings. The van der Waals surface area contributed by atoms with E-state index in [0.717, 1.165) is 71.8 Å². The lowest BCUT2D eigenvalue weighted by atomic mass is 10.0. The number of ether oxygens (including phenoxy) is 1. The maximum absolute atomic E-state index is 6.55. The van der Waals surface area contributed by atoms with E-state index in [0.29, 0.717) is 18.3 Å². The Hall–Kier alpha value is -4.54. The topological polar surface area (TPSA) is 115 Å². The number of fused-ring (bicyclic) bond motifs is 2. The number of aromatic nitrogens is 2. The molecule has 1 aromatic heterocycles. The van der Waals surface area contributed by atoms with Crippen molar-refractivity contribution in [2.45, 2.75) is 18.7 Å². The molecule has 0 saturated carbocycles. The van der Waals surface area contributed by atoms with E-state index in [4.69, 9.17) is 21.3 Å². The Labute approximate surface area is 251 Å². The summed E-state index contributed by atoms with van der Waals surface area (Å²) < 4.78 is 8.44. The standard InChI is InChI=1S/C34H36N8O/c35-23-37-17-30(36)34-29(25-11-12-26-19-42(39-31(26)15-25)27-9-5-2-6-10-27)16-32(38-34)33-21-41-14-13-40(20-28(41)22-43-33)18-24-7-3-1-4-8-24/h1-12,15-17,19,23,28,33,38H,13-14,18,20-22,36H2,(H2,35,37)/p+1. The fraction of sp³-hybridized carbons (Fsp3) is 0.235. The predicted molar refractivity (Wildman–Crippen MR) is 170 cm³/mol. The number of nitrogens with zero attached hydrogens (tertiary/aromatic N) is 5. The van der Waals surface area contributed by atoms with Crippen LogP contribution in [0.25, 0.3) is 22.2 Å². The summed E-state index contributed by atoms with van der Waals surface area (Å²) in [6, 6.07) is 27.6. The Morgan fingerprint density at radius 1 is 1.02 bits per heavy atom. The van der Waals surface area contributed by atoms with Gasteiger partial charge in [-0.3, -0.25) is 15.1 Å². The zero-order chi connectivity index (χ0) is 29.2. The first-order chi connectivity index (χ1) is 21.1. The van der Waals surface area contributed by atoms with Gasteiger partial charge in [0, 0.05) is 56.4 Å². The number of hydrogen-bond donors (Lipinski definition) is 3. The average molecular weight is 574 g/mol. The summed E-state index contributed by atoms with van der Waals surface area (Å²) in [6.45, 7) is 5.65. The summed E-state index contributed by atoms with van der Waals surface area (Å²) in [5, 5.41) is 8.09. The van der Waals surface area contributed by atoms with Crippen molar-refractivity contribution in [1.82, 2.24) is 19.6 Å². The Morgan fingerprint density at radius 2 is 1.84 bits per heavy atom. The highest BCUT2D eigenvalue weighted by molar-refractivity contribution is 5.87. The second kappa shape index (κ2) is 12.0. The second-order valence-corrected chi connectivity index (χ2v) is 11.4. The van der Waals surface area contributed by atoms with Gasteiger partial charge in [0.25, 0.3) is 0 Å². The molecule has 0 spiro atoms. The SMILES string of the molecule is NC=NC=C(N)C1=C(c2ccc3cn(-c4ccccc4)nc3c2)C=C(C2CN3CCN(Cc4ccccc4)CC3CO2)[NH2+]1. The molecule has 9 heteroatoms. The smallest absolute Gasteiger partial charge is 0.167 e. The highest BCUT2D eigenvalue weighted by Crippen LogP contribution is 2.30. The molecule has 0 amide bonds. The molecule has 43 heavy (non-hydrogen) atoms. The Morgan fingerprint density at radius 3 is 2.65 bits per heavy atom. The number of piperazine rings is 1. The summed E-state index contributed by atoms with van der Waals surface area (Å²) in [4.78, 5) is 9.21. The van der Waals surface area contributed by atoms with Crippen LogP contribution in [0, 0.1) is 0 Å². The van der Waals surface area contributed by atoms with Crippen LogP contribution in [0.1, 0.15) is 11.1 Å². The molecule has 0 radical (unpaired) electrons. The van der Waals surface area contributed by atoms with Crippen LogP contribution in [-0.2, 0) is 11.3 Å². The van der Waals surface area contributed by atoms with E-state index < -0.39 is 0 Å². The van der Waals surface area contributed by atoms with Crippen molar-refractivity contribution in [3.05, 3.63) is 126 Å². The minimum absolute atomic E-state index is 0.0312. The van der Waals surface area contributed by atoms with Crippen molar-refractivity contribution in [2.75, 3.05) is 32.8 Å². The monoisotopic (exact) mass is 573 g/mol. The molecule has 218 valence electrons. The van der Waals surface area contributed by atoms with Gasteiger partial charge in [-0.1, -0.05) is 60.7 Å². The first-order valence-corrected chi connectivity index (χ1v) is 14.8. The zero-order valence-electron chi connectivity index (χ0n) is 24.1. The minimum atomic E-state index is -0.0312. The van der Waals surface area contributed by atoms with Crippen LogP contribution in [0.3, 0.4) is 0 Å². The lowest BCUT2D eigenvalue weighted by Gasteiger charge is -2.45. The third-order valence-corrected chi connectivity index (χ3v) is 8.56. The first kappa shape index (κ1) is 27.3. The molecule has 7 rings (SSSR count). The molecule has 0 bridgehead atoms. The van der Waals surface area contributed by atoms with E-state index in [9.17, 15) is 0 Å². The van der Waals surface area contributed by atoms with Crippen molar-refractivity contribution in [3.63, 3.8) is 0 Å². The molecular weight excluding hydrogens is 536 g/mol. The van der Waals surface area contributed by atoms with Crippen molar-refractivity contribution in [1.29, 1.82) is 0 Å². The van der Waals surface area contributed by atoms with Crippen molar-refractivity contribution < 1.29 is 10.1 Å². The Kier molecular flexibility index (Phi) is 7.61. The van der Waals surface area contributed by atoms with E-state index in [2.05, 4.69) is 93.0 Å². The number of hydrogen-bond acceptors (Lipinski definition) is 6. The van der Waals surface area contributed by atoms with Gasteiger partial charge in [-0.05, 0) is 29.3 Å². The molecule has 3 aliphatic rings. The largest absolute Gasteiger partial charge is 0.393 e. The molecule has 0 aliphatic carbocycles. The van der Waals surface area contributed by atoms with Gasteiger partial charge in [0.2, 0.25) is 0 Å². The fourth-order valence-electron chi connectivity index (χ4n) is 6.32. The number of para-hydroxylation sites is 1. The lowest BCUT2D eigenvalue weighted by molar-refractivity contribution is -0.556. The summed E-state index contributed by atoms with van der Waals surface area (Å²) >= 11 is 0. The van der Waals surface area contributed by atoms with Crippen LogP contribution in [0.4, 0.5) is 0 Å². The van der Waals surface area contributed by atoms with Gasteiger partial charge < -0.3 is 16.2 Å². The van der Waals surface area contributed by atoms with Crippen LogP contribution in [-0.4, -0.2) is 70.9 Å². The van der Waals surface area contributed by atoms with Gasteiger partial charge in [-0.25, -0.2) is 9.67 Å². The lowest BCUT2D eigenvalue weighted by Crippen LogP contribution is -2.82. The third kappa shape index (κ3) is 5.76.